The van der Waals surface area contributed by atoms with Gasteiger partial charge in [0, 0.05) is 19.6 Å². The van der Waals surface area contributed by atoms with E-state index in [2.05, 4.69) is 21.3 Å². The molecular weight excluding hydrogens is 260 g/mol. The van der Waals surface area contributed by atoms with Gasteiger partial charge in [0.15, 0.2) is 0 Å². The Morgan fingerprint density at radius 2 is 1.86 bits per heavy atom. The van der Waals surface area contributed by atoms with Gasteiger partial charge in [-0.2, -0.15) is 0 Å². The second-order valence-corrected chi connectivity index (χ2v) is 6.33. The monoisotopic (exact) mass is 282 g/mol. The third kappa shape index (κ3) is 2.27. The summed E-state index contributed by atoms with van der Waals surface area (Å²) in [6, 6.07) is 8.14. The Kier molecular flexibility index (Phi) is 3.26. The third-order valence-electron chi connectivity index (χ3n) is 5.04. The van der Waals surface area contributed by atoms with E-state index in [9.17, 15) is 0 Å². The molecule has 4 heteroatoms. The van der Waals surface area contributed by atoms with E-state index in [1.54, 1.807) is 0 Å². The van der Waals surface area contributed by atoms with Crippen molar-refractivity contribution in [2.75, 3.05) is 24.5 Å². The highest BCUT2D eigenvalue weighted by Gasteiger charge is 2.40. The summed E-state index contributed by atoms with van der Waals surface area (Å²) in [5, 5.41) is 3.59. The largest absolute Gasteiger partial charge is 0.347 e. The summed E-state index contributed by atoms with van der Waals surface area (Å²) in [6.45, 7) is 3.16. The number of hydrogen-bond donors (Lipinski definition) is 1. The fourth-order valence-corrected chi connectivity index (χ4v) is 3.94. The molecule has 21 heavy (non-hydrogen) atoms. The number of piperazine rings is 1. The number of aromatic nitrogens is 2. The van der Waals surface area contributed by atoms with Gasteiger partial charge < -0.3 is 10.2 Å². The molecule has 110 valence electrons. The van der Waals surface area contributed by atoms with Crippen LogP contribution in [0.2, 0.25) is 0 Å². The Labute approximate surface area is 125 Å². The molecule has 1 aliphatic heterocycles. The minimum atomic E-state index is 0.258. The molecule has 0 unspecified atom stereocenters. The SMILES string of the molecule is c1ccc2nc(N3CCNCC34CCCCC4)cnc2c1. The summed E-state index contributed by atoms with van der Waals surface area (Å²) in [6.07, 6.45) is 8.55. The van der Waals surface area contributed by atoms with Crippen LogP contribution in [0.15, 0.2) is 30.5 Å². The van der Waals surface area contributed by atoms with E-state index >= 15 is 0 Å². The number of nitrogens with zero attached hydrogens (tertiary/aromatic N) is 3. The molecule has 2 fully saturated rings. The van der Waals surface area contributed by atoms with Gasteiger partial charge >= 0.3 is 0 Å². The van der Waals surface area contributed by atoms with Crippen molar-refractivity contribution in [2.45, 2.75) is 37.6 Å². The number of hydrogen-bond acceptors (Lipinski definition) is 4. The lowest BCUT2D eigenvalue weighted by Crippen LogP contribution is -2.62. The van der Waals surface area contributed by atoms with Crippen LogP contribution in [0.25, 0.3) is 11.0 Å². The molecule has 2 heterocycles. The number of benzene rings is 1. The molecule has 1 aromatic heterocycles. The fourth-order valence-electron chi connectivity index (χ4n) is 3.94. The van der Waals surface area contributed by atoms with E-state index < -0.39 is 0 Å². The van der Waals surface area contributed by atoms with Crippen LogP contribution in [-0.4, -0.2) is 35.1 Å². The van der Waals surface area contributed by atoms with Gasteiger partial charge in [0.1, 0.15) is 5.82 Å². The highest BCUT2D eigenvalue weighted by atomic mass is 15.3. The van der Waals surface area contributed by atoms with Crippen LogP contribution in [0, 0.1) is 0 Å². The standard InChI is InChI=1S/C17H22N4/c1-4-8-17(9-5-1)13-18-10-11-21(17)16-12-19-14-6-2-3-7-15(14)20-16/h2-3,6-7,12,18H,1,4-5,8-11,13H2. The molecule has 1 spiro atoms. The van der Waals surface area contributed by atoms with Crippen molar-refractivity contribution in [3.63, 3.8) is 0 Å². The Morgan fingerprint density at radius 3 is 2.71 bits per heavy atom. The predicted octanol–water partition coefficient (Wildman–Crippen LogP) is 2.74. The van der Waals surface area contributed by atoms with Crippen LogP contribution >= 0.6 is 0 Å². The lowest BCUT2D eigenvalue weighted by atomic mass is 9.79. The van der Waals surface area contributed by atoms with Gasteiger partial charge in [-0.15, -0.1) is 0 Å². The van der Waals surface area contributed by atoms with Crippen molar-refractivity contribution >= 4 is 16.9 Å². The lowest BCUT2D eigenvalue weighted by molar-refractivity contribution is 0.239. The van der Waals surface area contributed by atoms with Crippen LogP contribution < -0.4 is 10.2 Å². The maximum absolute atomic E-state index is 4.88. The van der Waals surface area contributed by atoms with Crippen molar-refractivity contribution in [1.82, 2.24) is 15.3 Å². The Bertz CT molecular complexity index is 625. The van der Waals surface area contributed by atoms with Gasteiger partial charge in [-0.1, -0.05) is 31.4 Å². The van der Waals surface area contributed by atoms with E-state index in [1.165, 1.54) is 32.1 Å². The summed E-state index contributed by atoms with van der Waals surface area (Å²) in [4.78, 5) is 12.0. The van der Waals surface area contributed by atoms with Crippen molar-refractivity contribution in [3.05, 3.63) is 30.5 Å². The summed E-state index contributed by atoms with van der Waals surface area (Å²) in [7, 11) is 0. The van der Waals surface area contributed by atoms with Crippen molar-refractivity contribution in [1.29, 1.82) is 0 Å². The minimum absolute atomic E-state index is 0.258. The molecule has 0 radical (unpaired) electrons. The van der Waals surface area contributed by atoms with Crippen molar-refractivity contribution < 1.29 is 0 Å². The Balaban J connectivity index is 1.74. The maximum atomic E-state index is 4.88. The number of para-hydroxylation sites is 2. The molecule has 1 saturated carbocycles. The van der Waals surface area contributed by atoms with E-state index in [4.69, 9.17) is 4.98 Å². The number of rotatable bonds is 1. The highest BCUT2D eigenvalue weighted by Crippen LogP contribution is 2.37. The molecule has 4 nitrogen and oxygen atoms in total. The second kappa shape index (κ2) is 5.26. The van der Waals surface area contributed by atoms with Crippen molar-refractivity contribution in [2.24, 2.45) is 0 Å². The maximum Gasteiger partial charge on any atom is 0.148 e. The van der Waals surface area contributed by atoms with Gasteiger partial charge in [0.25, 0.3) is 0 Å². The lowest BCUT2D eigenvalue weighted by Gasteiger charge is -2.50. The van der Waals surface area contributed by atoms with Crippen LogP contribution in [0.5, 0.6) is 0 Å². The van der Waals surface area contributed by atoms with Gasteiger partial charge in [-0.3, -0.25) is 4.98 Å². The molecule has 1 aromatic carbocycles. The predicted molar refractivity (Wildman–Crippen MR) is 85.6 cm³/mol. The van der Waals surface area contributed by atoms with Gasteiger partial charge in [0.05, 0.1) is 22.8 Å². The van der Waals surface area contributed by atoms with E-state index in [-0.39, 0.29) is 5.54 Å². The molecule has 0 bridgehead atoms. The fraction of sp³-hybridized carbons (Fsp3) is 0.529. The summed E-state index contributed by atoms with van der Waals surface area (Å²) in [5.41, 5.74) is 2.24. The molecule has 1 N–H and O–H groups in total. The number of anilines is 1. The number of nitrogens with one attached hydrogen (secondary N) is 1. The smallest absolute Gasteiger partial charge is 0.148 e. The van der Waals surface area contributed by atoms with Crippen LogP contribution in [-0.2, 0) is 0 Å². The summed E-state index contributed by atoms with van der Waals surface area (Å²) >= 11 is 0. The normalized spacial score (nSPS) is 21.8. The average molecular weight is 282 g/mol. The first-order valence-electron chi connectivity index (χ1n) is 8.08. The summed E-state index contributed by atoms with van der Waals surface area (Å²) in [5.74, 6) is 1.05. The van der Waals surface area contributed by atoms with Crippen LogP contribution in [0.1, 0.15) is 32.1 Å². The molecular formula is C17H22N4. The first-order valence-corrected chi connectivity index (χ1v) is 8.08. The molecule has 4 rings (SSSR count). The average Bonchev–Trinajstić information content (AvgIpc) is 2.56. The topological polar surface area (TPSA) is 41.1 Å². The number of fused-ring (bicyclic) bond motifs is 1. The molecule has 0 amide bonds. The first-order chi connectivity index (χ1) is 10.4. The Morgan fingerprint density at radius 1 is 1.05 bits per heavy atom. The molecule has 0 atom stereocenters. The molecule has 1 aliphatic carbocycles. The van der Waals surface area contributed by atoms with Crippen LogP contribution in [0.3, 0.4) is 0 Å². The summed E-state index contributed by atoms with van der Waals surface area (Å²) < 4.78 is 0. The third-order valence-corrected chi connectivity index (χ3v) is 5.04. The molecule has 2 aliphatic rings. The van der Waals surface area contributed by atoms with Crippen LogP contribution in [0.4, 0.5) is 5.82 Å². The van der Waals surface area contributed by atoms with E-state index in [0.717, 1.165) is 36.5 Å². The van der Waals surface area contributed by atoms with E-state index in [1.807, 2.05) is 24.4 Å². The zero-order chi connectivity index (χ0) is 14.1. The minimum Gasteiger partial charge on any atom is -0.347 e. The molecule has 1 saturated heterocycles. The molecule has 2 aromatic rings. The van der Waals surface area contributed by atoms with E-state index in [0.29, 0.717) is 0 Å². The Hall–Kier alpha value is -1.68. The van der Waals surface area contributed by atoms with Gasteiger partial charge in [-0.25, -0.2) is 4.98 Å². The highest BCUT2D eigenvalue weighted by molar-refractivity contribution is 5.75. The quantitative estimate of drug-likeness (QED) is 0.873. The van der Waals surface area contributed by atoms with Gasteiger partial charge in [-0.05, 0) is 25.0 Å². The van der Waals surface area contributed by atoms with Crippen molar-refractivity contribution in [3.8, 4) is 0 Å². The van der Waals surface area contributed by atoms with Gasteiger partial charge in [0.2, 0.25) is 0 Å². The second-order valence-electron chi connectivity index (χ2n) is 6.33. The zero-order valence-corrected chi connectivity index (χ0v) is 12.4. The zero-order valence-electron chi connectivity index (χ0n) is 12.4. The first kappa shape index (κ1) is 13.0.